The molecule has 210 valence electrons. The van der Waals surface area contributed by atoms with Gasteiger partial charge in [0.25, 0.3) is 0 Å². The van der Waals surface area contributed by atoms with Crippen molar-refractivity contribution in [2.75, 3.05) is 25.9 Å². The zero-order chi connectivity index (χ0) is 28.5. The number of carbonyl (C=O) groups is 2. The van der Waals surface area contributed by atoms with Crippen molar-refractivity contribution in [2.45, 2.75) is 60.1 Å². The van der Waals surface area contributed by atoms with Gasteiger partial charge in [-0.3, -0.25) is 4.79 Å². The predicted molar refractivity (Wildman–Crippen MR) is 149 cm³/mol. The summed E-state index contributed by atoms with van der Waals surface area (Å²) in [6, 6.07) is 8.05. The molecule has 2 atom stereocenters. The SMILES string of the molecule is CCOC(=O)C(C)N(Oc1ccccc1)[P+](=O)CCNCC(C)=CCc1c(O)c2c(c(C)c1CC)COC2=O. The maximum absolute atomic E-state index is 13.1. The van der Waals surface area contributed by atoms with E-state index in [-0.39, 0.29) is 30.7 Å². The van der Waals surface area contributed by atoms with E-state index in [4.69, 9.17) is 14.3 Å². The number of aromatic hydroxyl groups is 1. The molecule has 1 aliphatic heterocycles. The summed E-state index contributed by atoms with van der Waals surface area (Å²) in [5.74, 6) is -0.492. The molecule has 0 aromatic heterocycles. The molecule has 2 N–H and O–H groups in total. The number of nitrogens with zero attached hydrogens (tertiary/aromatic N) is 1. The number of hydrogen-bond acceptors (Lipinski definition) is 8. The highest BCUT2D eigenvalue weighted by Crippen LogP contribution is 2.38. The normalized spacial score (nSPS) is 14.2. The molecule has 0 fully saturated rings. The van der Waals surface area contributed by atoms with Crippen LogP contribution in [0.5, 0.6) is 11.5 Å². The average Bonchev–Trinajstić information content (AvgIpc) is 3.33. The molecular formula is C29H38N2O7P+. The lowest BCUT2D eigenvalue weighted by molar-refractivity contribution is -0.153. The van der Waals surface area contributed by atoms with Crippen molar-refractivity contribution >= 4 is 19.9 Å². The average molecular weight is 558 g/mol. The maximum Gasteiger partial charge on any atom is 0.472 e. The number of fused-ring (bicyclic) bond motifs is 1. The summed E-state index contributed by atoms with van der Waals surface area (Å²) in [5.41, 5.74) is 4.87. The summed E-state index contributed by atoms with van der Waals surface area (Å²) < 4.78 is 23.4. The smallest absolute Gasteiger partial charge is 0.472 e. The summed E-state index contributed by atoms with van der Waals surface area (Å²) in [6.45, 7) is 10.7. The van der Waals surface area contributed by atoms with Crippen molar-refractivity contribution in [3.8, 4) is 11.5 Å². The van der Waals surface area contributed by atoms with Gasteiger partial charge < -0.3 is 24.7 Å². The van der Waals surface area contributed by atoms with E-state index in [1.54, 1.807) is 38.1 Å². The third-order valence-corrected chi connectivity index (χ3v) is 8.13. The Bertz CT molecular complexity index is 1230. The largest absolute Gasteiger partial charge is 0.507 e. The first-order chi connectivity index (χ1) is 18.7. The molecule has 39 heavy (non-hydrogen) atoms. The molecule has 0 saturated carbocycles. The van der Waals surface area contributed by atoms with Gasteiger partial charge in [0.15, 0.2) is 18.0 Å². The molecule has 2 aromatic carbocycles. The summed E-state index contributed by atoms with van der Waals surface area (Å²) >= 11 is 0. The zero-order valence-electron chi connectivity index (χ0n) is 23.3. The van der Waals surface area contributed by atoms with Gasteiger partial charge in [-0.05, 0) is 68.4 Å². The molecule has 1 aliphatic rings. The number of cyclic esters (lactones) is 1. The molecular weight excluding hydrogens is 519 g/mol. The monoisotopic (exact) mass is 557 g/mol. The highest BCUT2D eigenvalue weighted by atomic mass is 31.1. The molecule has 2 unspecified atom stereocenters. The van der Waals surface area contributed by atoms with Crippen LogP contribution in [-0.2, 0) is 38.3 Å². The van der Waals surface area contributed by atoms with Crippen LogP contribution < -0.4 is 10.2 Å². The van der Waals surface area contributed by atoms with Crippen LogP contribution in [0.25, 0.3) is 0 Å². The molecule has 9 nitrogen and oxygen atoms in total. The minimum atomic E-state index is -2.05. The van der Waals surface area contributed by atoms with Crippen LogP contribution in [0, 0.1) is 6.92 Å². The Labute approximate surface area is 230 Å². The van der Waals surface area contributed by atoms with Gasteiger partial charge in [-0.25, -0.2) is 4.79 Å². The standard InChI is InChI=1S/C29H37N2O7P/c1-6-23-20(4)25-18-37-29(34)26(25)27(32)24(23)14-13-19(3)17-30-15-16-39(35)31(21(5)28(33)36-7-2)38-22-11-9-8-10-12-22/h8-13,21,30H,6-7,14-18H2,1-5H3/p+1. The molecule has 0 bridgehead atoms. The van der Waals surface area contributed by atoms with E-state index in [1.165, 1.54) is 4.83 Å². The van der Waals surface area contributed by atoms with Gasteiger partial charge in [0.2, 0.25) is 0 Å². The molecule has 10 heteroatoms. The molecule has 0 amide bonds. The number of esters is 2. The van der Waals surface area contributed by atoms with Crippen LogP contribution in [0.4, 0.5) is 0 Å². The van der Waals surface area contributed by atoms with Crippen molar-refractivity contribution in [3.05, 3.63) is 69.8 Å². The first kappa shape index (κ1) is 30.3. The van der Waals surface area contributed by atoms with E-state index in [9.17, 15) is 19.3 Å². The lowest BCUT2D eigenvalue weighted by Crippen LogP contribution is -2.38. The van der Waals surface area contributed by atoms with Crippen molar-refractivity contribution in [1.82, 2.24) is 10.2 Å². The number of hydroxylamine groups is 1. The lowest BCUT2D eigenvalue weighted by atomic mass is 9.89. The number of hydrogen-bond donors (Lipinski definition) is 2. The Morgan fingerprint density at radius 2 is 1.97 bits per heavy atom. The second-order valence-corrected chi connectivity index (χ2v) is 10.9. The highest BCUT2D eigenvalue weighted by molar-refractivity contribution is 7.41. The number of para-hydroxylation sites is 1. The van der Waals surface area contributed by atoms with Crippen LogP contribution in [0.1, 0.15) is 60.3 Å². The Morgan fingerprint density at radius 3 is 2.64 bits per heavy atom. The van der Waals surface area contributed by atoms with Crippen molar-refractivity contribution in [1.29, 1.82) is 0 Å². The molecule has 0 saturated heterocycles. The van der Waals surface area contributed by atoms with Crippen LogP contribution in [0.15, 0.2) is 42.0 Å². The Kier molecular flexibility index (Phi) is 11.0. The fraction of sp³-hybridized carbons (Fsp3) is 0.448. The number of phenols is 1. The fourth-order valence-corrected chi connectivity index (χ4v) is 5.72. The van der Waals surface area contributed by atoms with Gasteiger partial charge in [0.1, 0.15) is 17.9 Å². The van der Waals surface area contributed by atoms with Gasteiger partial charge in [0.05, 0.1) is 11.4 Å². The summed E-state index contributed by atoms with van der Waals surface area (Å²) in [7, 11) is -2.05. The minimum Gasteiger partial charge on any atom is -0.507 e. The third kappa shape index (κ3) is 7.44. The minimum absolute atomic E-state index is 0.0122. The summed E-state index contributed by atoms with van der Waals surface area (Å²) in [4.78, 5) is 31.5. The Balaban J connectivity index is 1.60. The maximum atomic E-state index is 13.1. The number of nitrogens with one attached hydrogen (secondary N) is 1. The third-order valence-electron chi connectivity index (χ3n) is 6.66. The molecule has 0 spiro atoms. The van der Waals surface area contributed by atoms with E-state index in [0.29, 0.717) is 25.3 Å². The predicted octanol–water partition coefficient (Wildman–Crippen LogP) is 5.00. The van der Waals surface area contributed by atoms with Crippen molar-refractivity contribution < 1.29 is 33.6 Å². The molecule has 2 aromatic rings. The number of ether oxygens (including phenoxy) is 2. The van der Waals surface area contributed by atoms with Crippen LogP contribution in [-0.4, -0.2) is 53.8 Å². The molecule has 0 aliphatic carbocycles. The van der Waals surface area contributed by atoms with E-state index in [1.807, 2.05) is 32.9 Å². The Morgan fingerprint density at radius 1 is 1.26 bits per heavy atom. The first-order valence-electron chi connectivity index (χ1n) is 13.2. The highest BCUT2D eigenvalue weighted by Gasteiger charge is 2.40. The first-order valence-corrected chi connectivity index (χ1v) is 14.6. The number of carbonyl (C=O) groups excluding carboxylic acids is 2. The van der Waals surface area contributed by atoms with Crippen LogP contribution in [0.3, 0.4) is 0 Å². The van der Waals surface area contributed by atoms with Gasteiger partial charge in [0, 0.05) is 24.2 Å². The number of phenolic OH excluding ortho intramolecular Hbond substituents is 1. The van der Waals surface area contributed by atoms with Crippen LogP contribution in [0.2, 0.25) is 0 Å². The van der Waals surface area contributed by atoms with Gasteiger partial charge in [-0.15, -0.1) is 0 Å². The van der Waals surface area contributed by atoms with E-state index in [2.05, 4.69) is 5.32 Å². The summed E-state index contributed by atoms with van der Waals surface area (Å²) in [6.07, 6.45) is 3.49. The number of benzene rings is 2. The zero-order valence-corrected chi connectivity index (χ0v) is 24.2. The van der Waals surface area contributed by atoms with Gasteiger partial charge in [-0.1, -0.05) is 36.8 Å². The number of rotatable bonds is 14. The van der Waals surface area contributed by atoms with E-state index < -0.39 is 25.9 Å². The summed E-state index contributed by atoms with van der Waals surface area (Å²) in [5, 5.41) is 14.1. The topological polar surface area (TPSA) is 114 Å². The lowest BCUT2D eigenvalue weighted by Gasteiger charge is -2.18. The quantitative estimate of drug-likeness (QED) is 0.109. The molecule has 3 rings (SSSR count). The van der Waals surface area contributed by atoms with Gasteiger partial charge >= 0.3 is 19.9 Å². The second kappa shape index (κ2) is 14.2. The van der Waals surface area contributed by atoms with E-state index in [0.717, 1.165) is 34.2 Å². The van der Waals surface area contributed by atoms with Crippen molar-refractivity contribution in [3.63, 3.8) is 0 Å². The van der Waals surface area contributed by atoms with Gasteiger partial charge in [-0.2, -0.15) is 0 Å². The van der Waals surface area contributed by atoms with Crippen molar-refractivity contribution in [2.24, 2.45) is 0 Å². The molecule has 0 radical (unpaired) electrons. The van der Waals surface area contributed by atoms with Crippen LogP contribution >= 0.6 is 7.95 Å². The van der Waals surface area contributed by atoms with E-state index >= 15 is 0 Å². The second-order valence-electron chi connectivity index (χ2n) is 9.36. The number of allylic oxidation sites excluding steroid dienone is 1. The fourth-order valence-electron chi connectivity index (χ4n) is 4.51. The Hall–Kier alpha value is -3.26. The molecule has 1 heterocycles.